The molecule has 1 saturated heterocycles. The summed E-state index contributed by atoms with van der Waals surface area (Å²) in [6.07, 6.45) is 6.48. The molecule has 1 aliphatic heterocycles. The number of ether oxygens (including phenoxy) is 1. The van der Waals surface area contributed by atoms with Crippen molar-refractivity contribution in [1.82, 2.24) is 20.1 Å². The molecule has 0 bridgehead atoms. The van der Waals surface area contributed by atoms with Crippen LogP contribution < -0.4 is 15.8 Å². The summed E-state index contributed by atoms with van der Waals surface area (Å²) >= 11 is 6.09. The van der Waals surface area contributed by atoms with Crippen molar-refractivity contribution in [2.24, 2.45) is 0 Å². The Labute approximate surface area is 259 Å². The van der Waals surface area contributed by atoms with Crippen molar-refractivity contribution in [3.63, 3.8) is 0 Å². The largest absolute Gasteiger partial charge is 0.383 e. The summed E-state index contributed by atoms with van der Waals surface area (Å²) in [4.78, 5) is 4.43. The van der Waals surface area contributed by atoms with Crippen LogP contribution in [0, 0.1) is 11.6 Å². The van der Waals surface area contributed by atoms with Gasteiger partial charge in [-0.05, 0) is 56.4 Å². The fourth-order valence-corrected chi connectivity index (χ4v) is 7.22. The van der Waals surface area contributed by atoms with E-state index in [-0.39, 0.29) is 28.1 Å². The zero-order chi connectivity index (χ0) is 31.2. The van der Waals surface area contributed by atoms with E-state index in [0.717, 1.165) is 55.7 Å². The highest BCUT2D eigenvalue weighted by molar-refractivity contribution is 7.91. The van der Waals surface area contributed by atoms with Gasteiger partial charge in [-0.15, -0.1) is 0 Å². The number of nitrogen functional groups attached to an aromatic ring is 1. The topological polar surface area (TPSA) is 124 Å². The van der Waals surface area contributed by atoms with E-state index in [2.05, 4.69) is 21.1 Å². The standard InChI is InChI=1S/C31H33ClF2N6O3S/c1-17(2)40-30-23(18-7-9-20(10-8-18)37-21-14-43-15-21)13-36-31(35)28(30)29(38-40)22-11-26(34)27(12-25(22)33)39-44(41,42)16-19-5-3-4-6-24(19)32/h3-7,11-13,17,20-21,37,39H,8-10,14-16H2,1-2H3,(H2,35,36)/t20-/m0/s1. The van der Waals surface area contributed by atoms with Gasteiger partial charge in [0.25, 0.3) is 0 Å². The first-order valence-corrected chi connectivity index (χ1v) is 16.5. The minimum Gasteiger partial charge on any atom is -0.383 e. The van der Waals surface area contributed by atoms with Gasteiger partial charge in [0.1, 0.15) is 23.1 Å². The summed E-state index contributed by atoms with van der Waals surface area (Å²) in [6, 6.07) is 8.77. The number of hydrogen-bond donors (Lipinski definition) is 3. The summed E-state index contributed by atoms with van der Waals surface area (Å²) < 4.78 is 65.9. The fourth-order valence-electron chi connectivity index (χ4n) is 5.72. The summed E-state index contributed by atoms with van der Waals surface area (Å²) in [7, 11) is -4.11. The first kappa shape index (κ1) is 30.4. The lowest BCUT2D eigenvalue weighted by Crippen LogP contribution is -2.50. The second kappa shape index (κ2) is 12.1. The molecule has 1 atom stereocenters. The van der Waals surface area contributed by atoms with Crippen LogP contribution in [0.5, 0.6) is 0 Å². The van der Waals surface area contributed by atoms with Crippen LogP contribution in [0.3, 0.4) is 0 Å². The maximum Gasteiger partial charge on any atom is 0.237 e. The number of pyridine rings is 1. The number of nitrogens with two attached hydrogens (primary N) is 1. The van der Waals surface area contributed by atoms with Crippen LogP contribution in [-0.2, 0) is 20.5 Å². The number of rotatable bonds is 9. The van der Waals surface area contributed by atoms with Gasteiger partial charge in [0, 0.05) is 40.5 Å². The number of nitrogens with zero attached hydrogens (tertiary/aromatic N) is 3. The molecule has 4 N–H and O–H groups in total. The van der Waals surface area contributed by atoms with Gasteiger partial charge < -0.3 is 15.8 Å². The lowest BCUT2D eigenvalue weighted by Gasteiger charge is -2.33. The molecule has 6 rings (SSSR count). The van der Waals surface area contributed by atoms with E-state index in [0.29, 0.717) is 28.6 Å². The molecular formula is C31H33ClF2N6O3S. The van der Waals surface area contributed by atoms with E-state index in [1.165, 1.54) is 0 Å². The molecule has 232 valence electrons. The normalized spacial score (nSPS) is 17.6. The second-order valence-electron chi connectivity index (χ2n) is 11.5. The van der Waals surface area contributed by atoms with E-state index >= 15 is 8.78 Å². The average molecular weight is 643 g/mol. The van der Waals surface area contributed by atoms with Crippen molar-refractivity contribution in [3.8, 4) is 11.3 Å². The number of sulfonamides is 1. The molecule has 4 aromatic rings. The number of nitrogens with one attached hydrogen (secondary N) is 2. The molecule has 1 aliphatic carbocycles. The predicted octanol–water partition coefficient (Wildman–Crippen LogP) is 6.06. The quantitative estimate of drug-likeness (QED) is 0.203. The number of benzene rings is 2. The monoisotopic (exact) mass is 642 g/mol. The molecule has 2 aliphatic rings. The summed E-state index contributed by atoms with van der Waals surface area (Å²) in [6.45, 7) is 5.36. The van der Waals surface area contributed by atoms with E-state index in [9.17, 15) is 8.42 Å². The van der Waals surface area contributed by atoms with Gasteiger partial charge in [-0.3, -0.25) is 9.40 Å². The lowest BCUT2D eigenvalue weighted by molar-refractivity contribution is -0.0103. The van der Waals surface area contributed by atoms with E-state index in [4.69, 9.17) is 27.2 Å². The molecule has 0 unspecified atom stereocenters. The van der Waals surface area contributed by atoms with Crippen LogP contribution in [-0.4, -0.2) is 48.5 Å². The summed E-state index contributed by atoms with van der Waals surface area (Å²) in [5, 5.41) is 8.99. The van der Waals surface area contributed by atoms with Crippen LogP contribution in [0.1, 0.15) is 50.3 Å². The van der Waals surface area contributed by atoms with E-state index < -0.39 is 33.1 Å². The maximum atomic E-state index is 15.7. The van der Waals surface area contributed by atoms with Gasteiger partial charge >= 0.3 is 0 Å². The highest BCUT2D eigenvalue weighted by atomic mass is 35.5. The first-order chi connectivity index (χ1) is 21.0. The minimum atomic E-state index is -4.11. The molecule has 0 radical (unpaired) electrons. The van der Waals surface area contributed by atoms with Gasteiger partial charge in [-0.25, -0.2) is 22.2 Å². The minimum absolute atomic E-state index is 0.128. The molecule has 0 saturated carbocycles. The van der Waals surface area contributed by atoms with Crippen molar-refractivity contribution in [3.05, 3.63) is 76.5 Å². The van der Waals surface area contributed by atoms with Crippen molar-refractivity contribution in [2.45, 2.75) is 57.0 Å². The molecular weight excluding hydrogens is 610 g/mol. The van der Waals surface area contributed by atoms with Crippen molar-refractivity contribution < 1.29 is 21.9 Å². The Morgan fingerprint density at radius 1 is 1.14 bits per heavy atom. The van der Waals surface area contributed by atoms with Crippen molar-refractivity contribution in [1.29, 1.82) is 0 Å². The predicted molar refractivity (Wildman–Crippen MR) is 169 cm³/mol. The van der Waals surface area contributed by atoms with Crippen molar-refractivity contribution >= 4 is 49.6 Å². The highest BCUT2D eigenvalue weighted by Gasteiger charge is 2.28. The van der Waals surface area contributed by atoms with Gasteiger partial charge in [-0.2, -0.15) is 5.10 Å². The van der Waals surface area contributed by atoms with Crippen LogP contribution >= 0.6 is 11.6 Å². The Morgan fingerprint density at radius 2 is 1.91 bits per heavy atom. The third-order valence-corrected chi connectivity index (χ3v) is 9.58. The summed E-state index contributed by atoms with van der Waals surface area (Å²) in [5.41, 5.74) is 8.77. The number of allylic oxidation sites excluding steroid dienone is 1. The number of fused-ring (bicyclic) bond motifs is 1. The number of halogens is 3. The van der Waals surface area contributed by atoms with E-state index in [1.807, 2.05) is 13.8 Å². The number of aromatic nitrogens is 3. The summed E-state index contributed by atoms with van der Waals surface area (Å²) in [5.74, 6) is -2.21. The molecule has 0 spiro atoms. The Morgan fingerprint density at radius 3 is 2.57 bits per heavy atom. The Bertz CT molecular complexity index is 1870. The zero-order valence-corrected chi connectivity index (χ0v) is 25.9. The van der Waals surface area contributed by atoms with Crippen LogP contribution in [0.4, 0.5) is 20.3 Å². The average Bonchev–Trinajstić information content (AvgIpc) is 3.36. The molecule has 1 fully saturated rings. The van der Waals surface area contributed by atoms with Gasteiger partial charge in [0.05, 0.1) is 41.6 Å². The third-order valence-electron chi connectivity index (χ3n) is 7.99. The third kappa shape index (κ3) is 6.03. The Hall–Kier alpha value is -3.58. The lowest BCUT2D eigenvalue weighted by atomic mass is 9.89. The molecule has 0 amide bonds. The SMILES string of the molecule is CC(C)n1nc(-c2cc(F)c(NS(=O)(=O)Cc3ccccc3Cl)cc2F)c2c(N)ncc(C3=CC[C@H](NC4COC4)CC3)c21. The second-order valence-corrected chi connectivity index (χ2v) is 13.7. The molecule has 3 heterocycles. The first-order valence-electron chi connectivity index (χ1n) is 14.4. The smallest absolute Gasteiger partial charge is 0.237 e. The van der Waals surface area contributed by atoms with Crippen molar-refractivity contribution in [2.75, 3.05) is 23.7 Å². The van der Waals surface area contributed by atoms with Crippen LogP contribution in [0.2, 0.25) is 5.02 Å². The number of hydrogen-bond acceptors (Lipinski definition) is 7. The Balaban J connectivity index is 1.35. The number of anilines is 2. The van der Waals surface area contributed by atoms with Gasteiger partial charge in [0.15, 0.2) is 0 Å². The van der Waals surface area contributed by atoms with Gasteiger partial charge in [-0.1, -0.05) is 35.9 Å². The van der Waals surface area contributed by atoms with Gasteiger partial charge in [0.2, 0.25) is 10.0 Å². The maximum absolute atomic E-state index is 15.7. The molecule has 2 aromatic heterocycles. The fraction of sp³-hybridized carbons (Fsp3) is 0.355. The Kier molecular flexibility index (Phi) is 8.35. The molecule has 9 nitrogen and oxygen atoms in total. The molecule has 44 heavy (non-hydrogen) atoms. The van der Waals surface area contributed by atoms with Crippen LogP contribution in [0.25, 0.3) is 27.7 Å². The van der Waals surface area contributed by atoms with Crippen LogP contribution in [0.15, 0.2) is 48.7 Å². The molecule has 2 aromatic carbocycles. The van der Waals surface area contributed by atoms with E-state index in [1.54, 1.807) is 35.1 Å². The zero-order valence-electron chi connectivity index (χ0n) is 24.3. The highest BCUT2D eigenvalue weighted by Crippen LogP contribution is 2.40. The molecule has 13 heteroatoms.